The molecule has 2 nitrogen and oxygen atoms in total. The summed E-state index contributed by atoms with van der Waals surface area (Å²) >= 11 is 0. The second-order valence-corrected chi connectivity index (χ2v) is 5.72. The van der Waals surface area contributed by atoms with Crippen LogP contribution in [0.15, 0.2) is 24.3 Å². The maximum absolute atomic E-state index is 12.8. The highest BCUT2D eigenvalue weighted by Gasteiger charge is 2.41. The zero-order valence-electron chi connectivity index (χ0n) is 12.5. The quantitative estimate of drug-likeness (QED) is 0.893. The van der Waals surface area contributed by atoms with Gasteiger partial charge in [-0.2, -0.15) is 13.2 Å². The molecule has 1 aromatic carbocycles. The Hall–Kier alpha value is -1.07. The summed E-state index contributed by atoms with van der Waals surface area (Å²) in [7, 11) is 3.54. The largest absolute Gasteiger partial charge is 0.416 e. The Morgan fingerprint density at radius 1 is 1.29 bits per heavy atom. The van der Waals surface area contributed by atoms with E-state index >= 15 is 0 Å². The molecule has 0 amide bonds. The Morgan fingerprint density at radius 3 is 2.48 bits per heavy atom. The van der Waals surface area contributed by atoms with Crippen molar-refractivity contribution in [3.8, 4) is 0 Å². The molecule has 1 aliphatic rings. The second kappa shape index (κ2) is 6.36. The lowest BCUT2D eigenvalue weighted by Gasteiger charge is -2.36. The molecule has 0 radical (unpaired) electrons. The Bertz CT molecular complexity index is 467. The molecule has 1 N–H and O–H groups in total. The predicted molar refractivity (Wildman–Crippen MR) is 76.2 cm³/mol. The molecule has 1 atom stereocenters. The van der Waals surface area contributed by atoms with Crippen LogP contribution in [0, 0.1) is 0 Å². The van der Waals surface area contributed by atoms with Crippen LogP contribution in [0.3, 0.4) is 0 Å². The van der Waals surface area contributed by atoms with Crippen LogP contribution in [-0.2, 0) is 17.3 Å². The second-order valence-electron chi connectivity index (χ2n) is 5.72. The van der Waals surface area contributed by atoms with Crippen LogP contribution in [0.1, 0.15) is 36.8 Å². The number of benzene rings is 1. The van der Waals surface area contributed by atoms with E-state index in [-0.39, 0.29) is 11.6 Å². The first kappa shape index (κ1) is 16.3. The van der Waals surface area contributed by atoms with Gasteiger partial charge in [-0.15, -0.1) is 0 Å². The zero-order valence-corrected chi connectivity index (χ0v) is 12.5. The molecule has 0 bridgehead atoms. The third-order valence-corrected chi connectivity index (χ3v) is 4.53. The van der Waals surface area contributed by atoms with E-state index in [1.165, 1.54) is 12.1 Å². The summed E-state index contributed by atoms with van der Waals surface area (Å²) in [5.41, 5.74) is -0.163. The first-order chi connectivity index (χ1) is 9.91. The number of alkyl halides is 3. The fraction of sp³-hybridized carbons (Fsp3) is 0.625. The van der Waals surface area contributed by atoms with Crippen LogP contribution in [0.25, 0.3) is 0 Å². The lowest BCUT2D eigenvalue weighted by molar-refractivity contribution is -0.137. The highest BCUT2D eigenvalue weighted by atomic mass is 19.4. The summed E-state index contributed by atoms with van der Waals surface area (Å²) in [4.78, 5) is 0. The summed E-state index contributed by atoms with van der Waals surface area (Å²) in [6, 6.07) is 5.59. The van der Waals surface area contributed by atoms with Crippen molar-refractivity contribution in [1.29, 1.82) is 0 Å². The first-order valence-electron chi connectivity index (χ1n) is 7.30. The minimum Gasteiger partial charge on any atom is -0.377 e. The summed E-state index contributed by atoms with van der Waals surface area (Å²) in [5, 5.41) is 3.24. The molecule has 0 heterocycles. The number of methoxy groups -OCH3 is 1. The number of rotatable bonds is 5. The lowest BCUT2D eigenvalue weighted by atomic mass is 9.87. The van der Waals surface area contributed by atoms with Crippen LogP contribution < -0.4 is 5.32 Å². The van der Waals surface area contributed by atoms with Crippen molar-refractivity contribution in [3.63, 3.8) is 0 Å². The smallest absolute Gasteiger partial charge is 0.377 e. The topological polar surface area (TPSA) is 21.3 Å². The Kier molecular flexibility index (Phi) is 4.94. The van der Waals surface area contributed by atoms with Gasteiger partial charge in [0.25, 0.3) is 0 Å². The van der Waals surface area contributed by atoms with Crippen molar-refractivity contribution < 1.29 is 17.9 Å². The molecule has 1 aliphatic carbocycles. The molecule has 1 aromatic rings. The Morgan fingerprint density at radius 2 is 1.95 bits per heavy atom. The van der Waals surface area contributed by atoms with E-state index in [1.807, 2.05) is 7.05 Å². The molecule has 5 heteroatoms. The van der Waals surface area contributed by atoms with E-state index in [4.69, 9.17) is 4.74 Å². The van der Waals surface area contributed by atoms with E-state index < -0.39 is 11.7 Å². The minimum absolute atomic E-state index is 0.0217. The number of halogens is 3. The summed E-state index contributed by atoms with van der Waals surface area (Å²) < 4.78 is 44.1. The molecule has 2 rings (SSSR count). The van der Waals surface area contributed by atoms with Gasteiger partial charge in [0.1, 0.15) is 0 Å². The monoisotopic (exact) mass is 301 g/mol. The van der Waals surface area contributed by atoms with E-state index in [0.29, 0.717) is 12.0 Å². The molecule has 1 saturated carbocycles. The number of nitrogens with one attached hydrogen (secondary N) is 1. The van der Waals surface area contributed by atoms with Gasteiger partial charge in [0, 0.05) is 13.2 Å². The van der Waals surface area contributed by atoms with Gasteiger partial charge in [0.15, 0.2) is 0 Å². The van der Waals surface area contributed by atoms with E-state index in [0.717, 1.165) is 31.7 Å². The molecular formula is C16H22F3NO. The van der Waals surface area contributed by atoms with Crippen molar-refractivity contribution in [2.24, 2.45) is 0 Å². The Labute approximate surface area is 123 Å². The molecule has 0 spiro atoms. The number of hydrogen-bond acceptors (Lipinski definition) is 2. The van der Waals surface area contributed by atoms with E-state index in [2.05, 4.69) is 5.32 Å². The highest BCUT2D eigenvalue weighted by molar-refractivity contribution is 5.27. The summed E-state index contributed by atoms with van der Waals surface area (Å²) in [6.45, 7) is 0. The fourth-order valence-corrected chi connectivity index (χ4v) is 3.33. The number of ether oxygens (including phenoxy) is 1. The molecule has 1 fully saturated rings. The van der Waals surface area contributed by atoms with Gasteiger partial charge in [-0.05, 0) is 37.9 Å². The van der Waals surface area contributed by atoms with Crippen molar-refractivity contribution in [3.05, 3.63) is 35.4 Å². The van der Waals surface area contributed by atoms with Gasteiger partial charge in [0.05, 0.1) is 11.2 Å². The zero-order chi connectivity index (χ0) is 15.5. The van der Waals surface area contributed by atoms with Gasteiger partial charge >= 0.3 is 6.18 Å². The van der Waals surface area contributed by atoms with Crippen LogP contribution in [0.4, 0.5) is 13.2 Å². The molecule has 0 saturated heterocycles. The fourth-order valence-electron chi connectivity index (χ4n) is 3.33. The highest BCUT2D eigenvalue weighted by Crippen LogP contribution is 2.37. The maximum Gasteiger partial charge on any atom is 0.416 e. The van der Waals surface area contributed by atoms with Crippen LogP contribution in [-0.4, -0.2) is 25.8 Å². The average molecular weight is 301 g/mol. The Balaban J connectivity index is 2.19. The molecule has 1 unspecified atom stereocenters. The van der Waals surface area contributed by atoms with Crippen molar-refractivity contribution in [2.45, 2.75) is 49.9 Å². The van der Waals surface area contributed by atoms with E-state index in [9.17, 15) is 13.2 Å². The third-order valence-electron chi connectivity index (χ3n) is 4.53. The first-order valence-corrected chi connectivity index (χ1v) is 7.30. The van der Waals surface area contributed by atoms with Crippen LogP contribution in [0.5, 0.6) is 0 Å². The average Bonchev–Trinajstić information content (AvgIpc) is 2.94. The molecule has 118 valence electrons. The predicted octanol–water partition coefficient (Wildman–Crippen LogP) is 3.80. The van der Waals surface area contributed by atoms with Crippen LogP contribution >= 0.6 is 0 Å². The van der Waals surface area contributed by atoms with Crippen LogP contribution in [0.2, 0.25) is 0 Å². The third kappa shape index (κ3) is 3.58. The van der Waals surface area contributed by atoms with Gasteiger partial charge in [-0.3, -0.25) is 0 Å². The number of likely N-dealkylation sites (N-methyl/N-ethyl adjacent to an activating group) is 1. The van der Waals surface area contributed by atoms with E-state index in [1.54, 1.807) is 13.2 Å². The van der Waals surface area contributed by atoms with Gasteiger partial charge < -0.3 is 10.1 Å². The minimum atomic E-state index is -4.29. The van der Waals surface area contributed by atoms with Gasteiger partial charge in [-0.1, -0.05) is 31.0 Å². The molecular weight excluding hydrogens is 279 g/mol. The maximum atomic E-state index is 12.8. The van der Waals surface area contributed by atoms with Crippen molar-refractivity contribution in [2.75, 3.05) is 14.2 Å². The van der Waals surface area contributed by atoms with Crippen molar-refractivity contribution in [1.82, 2.24) is 5.32 Å². The van der Waals surface area contributed by atoms with Crippen molar-refractivity contribution >= 4 is 0 Å². The summed E-state index contributed by atoms with van der Waals surface area (Å²) in [6.07, 6.45) is 0.358. The molecule has 0 aromatic heterocycles. The lowest BCUT2D eigenvalue weighted by Crippen LogP contribution is -2.50. The molecule has 21 heavy (non-hydrogen) atoms. The SMILES string of the molecule is CNC(Cc1cccc(C(F)(F)F)c1)C1(OC)CCCC1. The van der Waals surface area contributed by atoms with Gasteiger partial charge in [0.2, 0.25) is 0 Å². The molecule has 0 aliphatic heterocycles. The van der Waals surface area contributed by atoms with Gasteiger partial charge in [-0.25, -0.2) is 0 Å². The standard InChI is InChI=1S/C16H22F3NO/c1-20-14(15(21-2)8-3-4-9-15)11-12-6-5-7-13(10-12)16(17,18)19/h5-7,10,14,20H,3-4,8-9,11H2,1-2H3. The summed E-state index contributed by atoms with van der Waals surface area (Å²) in [5.74, 6) is 0. The number of hydrogen-bond donors (Lipinski definition) is 1. The normalized spacial score (nSPS) is 19.7.